The van der Waals surface area contributed by atoms with Crippen LogP contribution in [-0.2, 0) is 6.54 Å². The van der Waals surface area contributed by atoms with Crippen LogP contribution in [0.15, 0.2) is 36.8 Å². The highest BCUT2D eigenvalue weighted by Gasteiger charge is 2.21. The fourth-order valence-electron chi connectivity index (χ4n) is 2.85. The van der Waals surface area contributed by atoms with Gasteiger partial charge in [0, 0.05) is 16.8 Å². The Bertz CT molecular complexity index is 1090. The minimum absolute atomic E-state index is 0.0796. The molecular weight excluding hydrogens is 450 g/mol. The fraction of sp³-hybridized carbons (Fsp3) is 0.250. The molecule has 1 atom stereocenters. The number of methoxy groups -OCH3 is 1. The first-order valence-corrected chi connectivity index (χ1v) is 9.88. The number of benzene rings is 1. The maximum Gasteiger partial charge on any atom is 0.261 e. The normalized spacial score (nSPS) is 11.8. The monoisotopic (exact) mass is 468 g/mol. The average molecular weight is 469 g/mol. The van der Waals surface area contributed by atoms with E-state index in [1.54, 1.807) is 13.1 Å². The molecule has 164 valence electrons. The first-order valence-electron chi connectivity index (χ1n) is 9.12. The maximum atomic E-state index is 13.8. The van der Waals surface area contributed by atoms with Gasteiger partial charge in [0.25, 0.3) is 5.91 Å². The van der Waals surface area contributed by atoms with E-state index in [1.807, 2.05) is 0 Å². The summed E-state index contributed by atoms with van der Waals surface area (Å²) in [6.45, 7) is 1.86. The Labute approximate surface area is 187 Å². The smallest absolute Gasteiger partial charge is 0.261 e. The van der Waals surface area contributed by atoms with Crippen LogP contribution in [0.3, 0.4) is 0 Å². The van der Waals surface area contributed by atoms with E-state index in [0.717, 1.165) is 0 Å². The number of aliphatic hydroxyl groups is 1. The van der Waals surface area contributed by atoms with E-state index in [2.05, 4.69) is 15.4 Å². The van der Waals surface area contributed by atoms with E-state index < -0.39 is 17.8 Å². The molecule has 0 fully saturated rings. The molecule has 0 bridgehead atoms. The van der Waals surface area contributed by atoms with E-state index in [1.165, 1.54) is 42.4 Å². The summed E-state index contributed by atoms with van der Waals surface area (Å²) in [6, 6.07) is 4.00. The van der Waals surface area contributed by atoms with Gasteiger partial charge in [0.15, 0.2) is 0 Å². The van der Waals surface area contributed by atoms with Crippen LogP contribution < -0.4 is 14.8 Å². The van der Waals surface area contributed by atoms with Crippen molar-refractivity contribution >= 4 is 34.8 Å². The predicted molar refractivity (Wildman–Crippen MR) is 114 cm³/mol. The zero-order valence-corrected chi connectivity index (χ0v) is 18.1. The third-order valence-electron chi connectivity index (χ3n) is 4.28. The van der Waals surface area contributed by atoms with Gasteiger partial charge in [0.2, 0.25) is 5.88 Å². The Balaban J connectivity index is 1.83. The van der Waals surface area contributed by atoms with Crippen LogP contribution >= 0.6 is 23.2 Å². The van der Waals surface area contributed by atoms with Gasteiger partial charge in [-0.15, -0.1) is 0 Å². The van der Waals surface area contributed by atoms with Gasteiger partial charge in [-0.1, -0.05) is 23.2 Å². The molecule has 0 spiro atoms. The second-order valence-corrected chi connectivity index (χ2v) is 7.20. The van der Waals surface area contributed by atoms with Gasteiger partial charge in [-0.05, 0) is 25.1 Å². The zero-order chi connectivity index (χ0) is 22.5. The number of nitrogens with zero attached hydrogens (tertiary/aromatic N) is 3. The van der Waals surface area contributed by atoms with Crippen molar-refractivity contribution in [2.75, 3.05) is 19.0 Å². The Morgan fingerprint density at radius 2 is 2.13 bits per heavy atom. The molecule has 3 rings (SSSR count). The number of halogens is 3. The number of hydrogen-bond donors (Lipinski definition) is 2. The SMILES string of the molecule is COc1ncc(O[C@H](C)c2c(Cl)ccc(F)c2Cl)cc1C(=O)Nc1cnn(CCO)c1. The number of aromatic nitrogens is 3. The Morgan fingerprint density at radius 1 is 1.35 bits per heavy atom. The zero-order valence-electron chi connectivity index (χ0n) is 16.6. The van der Waals surface area contributed by atoms with Gasteiger partial charge in [-0.25, -0.2) is 9.37 Å². The van der Waals surface area contributed by atoms with Crippen LogP contribution in [0.1, 0.15) is 28.9 Å². The average Bonchev–Trinajstić information content (AvgIpc) is 3.18. The largest absolute Gasteiger partial charge is 0.484 e. The Kier molecular flexibility index (Phi) is 7.32. The van der Waals surface area contributed by atoms with Crippen molar-refractivity contribution in [2.45, 2.75) is 19.6 Å². The van der Waals surface area contributed by atoms with Gasteiger partial charge in [-0.2, -0.15) is 5.10 Å². The van der Waals surface area contributed by atoms with E-state index >= 15 is 0 Å². The molecule has 1 aromatic carbocycles. The van der Waals surface area contributed by atoms with E-state index in [4.69, 9.17) is 37.8 Å². The number of ether oxygens (including phenoxy) is 2. The minimum atomic E-state index is -0.724. The molecule has 8 nitrogen and oxygen atoms in total. The summed E-state index contributed by atoms with van der Waals surface area (Å²) in [5.41, 5.74) is 0.818. The summed E-state index contributed by atoms with van der Waals surface area (Å²) in [7, 11) is 1.38. The van der Waals surface area contributed by atoms with Crippen LogP contribution in [0.4, 0.5) is 10.1 Å². The van der Waals surface area contributed by atoms with Crippen LogP contribution in [0.25, 0.3) is 0 Å². The van der Waals surface area contributed by atoms with Crippen molar-refractivity contribution in [1.29, 1.82) is 0 Å². The summed E-state index contributed by atoms with van der Waals surface area (Å²) < 4.78 is 26.3. The molecule has 2 aromatic heterocycles. The third kappa shape index (κ3) is 5.25. The summed E-state index contributed by atoms with van der Waals surface area (Å²) in [6.07, 6.45) is 3.67. The molecule has 31 heavy (non-hydrogen) atoms. The number of anilines is 1. The van der Waals surface area contributed by atoms with Gasteiger partial charge in [0.05, 0.1) is 43.4 Å². The number of hydrogen-bond acceptors (Lipinski definition) is 6. The molecular formula is C20H19Cl2FN4O4. The van der Waals surface area contributed by atoms with E-state index in [0.29, 0.717) is 12.2 Å². The summed E-state index contributed by atoms with van der Waals surface area (Å²) in [5.74, 6) is -0.813. The number of pyridine rings is 1. The molecule has 0 saturated carbocycles. The molecule has 11 heteroatoms. The van der Waals surface area contributed by atoms with Gasteiger partial charge in [-0.3, -0.25) is 9.48 Å². The van der Waals surface area contributed by atoms with Crippen molar-refractivity contribution in [3.8, 4) is 11.6 Å². The highest BCUT2D eigenvalue weighted by Crippen LogP contribution is 2.35. The number of carbonyl (C=O) groups is 1. The molecule has 0 saturated heterocycles. The minimum Gasteiger partial charge on any atom is -0.484 e. The number of amides is 1. The quantitative estimate of drug-likeness (QED) is 0.482. The number of nitrogens with one attached hydrogen (secondary N) is 1. The summed E-state index contributed by atoms with van der Waals surface area (Å²) in [4.78, 5) is 16.9. The van der Waals surface area contributed by atoms with Crippen LogP contribution in [0.5, 0.6) is 11.6 Å². The predicted octanol–water partition coefficient (Wildman–Crippen LogP) is 4.12. The van der Waals surface area contributed by atoms with Gasteiger partial charge >= 0.3 is 0 Å². The maximum absolute atomic E-state index is 13.8. The first kappa shape index (κ1) is 22.8. The van der Waals surface area contributed by atoms with Crippen molar-refractivity contribution < 1.29 is 23.8 Å². The van der Waals surface area contributed by atoms with Gasteiger partial charge in [0.1, 0.15) is 23.2 Å². The molecule has 0 aliphatic heterocycles. The highest BCUT2D eigenvalue weighted by molar-refractivity contribution is 6.36. The second kappa shape index (κ2) is 9.95. The van der Waals surface area contributed by atoms with E-state index in [9.17, 15) is 9.18 Å². The van der Waals surface area contributed by atoms with Crippen LogP contribution in [0, 0.1) is 5.82 Å². The number of rotatable bonds is 8. The lowest BCUT2D eigenvalue weighted by molar-refractivity contribution is 0.102. The number of aliphatic hydroxyl groups excluding tert-OH is 1. The molecule has 1 amide bonds. The topological polar surface area (TPSA) is 98.5 Å². The summed E-state index contributed by atoms with van der Waals surface area (Å²) >= 11 is 12.2. The van der Waals surface area contributed by atoms with Crippen LogP contribution in [0.2, 0.25) is 10.0 Å². The Morgan fingerprint density at radius 3 is 2.84 bits per heavy atom. The van der Waals surface area contributed by atoms with Gasteiger partial charge < -0.3 is 19.9 Å². The van der Waals surface area contributed by atoms with Crippen LogP contribution in [-0.4, -0.2) is 39.5 Å². The molecule has 2 N–H and O–H groups in total. The van der Waals surface area contributed by atoms with Crippen molar-refractivity contribution in [3.63, 3.8) is 0 Å². The molecule has 0 unspecified atom stereocenters. The lowest BCUT2D eigenvalue weighted by atomic mass is 10.1. The Hall–Kier alpha value is -2.88. The first-order chi connectivity index (χ1) is 14.8. The van der Waals surface area contributed by atoms with Crippen molar-refractivity contribution in [1.82, 2.24) is 14.8 Å². The molecule has 3 aromatic rings. The van der Waals surface area contributed by atoms with E-state index in [-0.39, 0.29) is 39.4 Å². The highest BCUT2D eigenvalue weighted by atomic mass is 35.5. The van der Waals surface area contributed by atoms with Crippen molar-refractivity contribution in [3.05, 3.63) is 63.8 Å². The molecule has 0 aliphatic rings. The molecule has 0 aliphatic carbocycles. The second-order valence-electron chi connectivity index (χ2n) is 6.41. The number of carbonyl (C=O) groups excluding carboxylic acids is 1. The fourth-order valence-corrected chi connectivity index (χ4v) is 3.53. The summed E-state index contributed by atoms with van der Waals surface area (Å²) in [5, 5.41) is 15.8. The molecule has 0 radical (unpaired) electrons. The third-order valence-corrected chi connectivity index (χ3v) is 5.00. The lowest BCUT2D eigenvalue weighted by Crippen LogP contribution is -2.14. The molecule has 2 heterocycles. The standard InChI is InChI=1S/C20H19Cl2FN4O4/c1-11(17-15(21)3-4-16(23)18(17)22)31-13-7-14(20(30-2)24-9-13)19(29)26-12-8-25-27(10-12)5-6-28/h3-4,7-11,28H,5-6H2,1-2H3,(H,26,29)/t11-/m1/s1. The van der Waals surface area contributed by atoms with Crippen molar-refractivity contribution in [2.24, 2.45) is 0 Å². The lowest BCUT2D eigenvalue weighted by Gasteiger charge is -2.18.